The van der Waals surface area contributed by atoms with Crippen LogP contribution in [-0.4, -0.2) is 27.7 Å². The summed E-state index contributed by atoms with van der Waals surface area (Å²) in [5, 5.41) is 20.3. The Bertz CT molecular complexity index is 475. The van der Waals surface area contributed by atoms with Crippen molar-refractivity contribution in [3.05, 3.63) is 30.1 Å². The number of aliphatic hydroxyl groups is 1. The molecule has 0 atom stereocenters. The van der Waals surface area contributed by atoms with Gasteiger partial charge in [0.1, 0.15) is 5.82 Å². The van der Waals surface area contributed by atoms with Crippen molar-refractivity contribution in [3.63, 3.8) is 0 Å². The molecule has 0 amide bonds. The summed E-state index contributed by atoms with van der Waals surface area (Å²) >= 11 is 2.85. The van der Waals surface area contributed by atoms with Gasteiger partial charge in [0.15, 0.2) is 4.34 Å². The van der Waals surface area contributed by atoms with Crippen LogP contribution < -0.4 is 5.32 Å². The van der Waals surface area contributed by atoms with Gasteiger partial charge in [0.25, 0.3) is 0 Å². The number of hydrogen-bond acceptors (Lipinski definition) is 6. The summed E-state index contributed by atoms with van der Waals surface area (Å²) in [6, 6.07) is 6.03. The Morgan fingerprint density at radius 2 is 2.06 bits per heavy atom. The van der Waals surface area contributed by atoms with Gasteiger partial charge in [-0.05, 0) is 24.3 Å². The maximum atomic E-state index is 12.7. The second-order valence-corrected chi connectivity index (χ2v) is 5.40. The Hall–Kier alpha value is -1.18. The smallest absolute Gasteiger partial charge is 0.210 e. The van der Waals surface area contributed by atoms with E-state index in [1.165, 1.54) is 35.2 Å². The van der Waals surface area contributed by atoms with Gasteiger partial charge in [0.05, 0.1) is 6.61 Å². The molecule has 17 heavy (non-hydrogen) atoms. The van der Waals surface area contributed by atoms with Crippen LogP contribution in [0.3, 0.4) is 0 Å². The van der Waals surface area contributed by atoms with Gasteiger partial charge in [0, 0.05) is 11.4 Å². The van der Waals surface area contributed by atoms with Gasteiger partial charge < -0.3 is 10.4 Å². The van der Waals surface area contributed by atoms with E-state index >= 15 is 0 Å². The van der Waals surface area contributed by atoms with E-state index in [4.69, 9.17) is 5.11 Å². The third kappa shape index (κ3) is 3.65. The van der Waals surface area contributed by atoms with Crippen LogP contribution in [0.25, 0.3) is 0 Å². The first-order valence-electron chi connectivity index (χ1n) is 4.87. The Kier molecular flexibility index (Phi) is 4.29. The zero-order chi connectivity index (χ0) is 12.1. The number of rotatable bonds is 5. The van der Waals surface area contributed by atoms with E-state index in [-0.39, 0.29) is 12.4 Å². The number of nitrogens with one attached hydrogen (secondary N) is 1. The Labute approximate surface area is 106 Å². The summed E-state index contributed by atoms with van der Waals surface area (Å²) in [6.45, 7) is 0.116. The molecule has 0 saturated heterocycles. The first-order chi connectivity index (χ1) is 8.28. The van der Waals surface area contributed by atoms with Crippen LogP contribution in [0, 0.1) is 5.82 Å². The van der Waals surface area contributed by atoms with Gasteiger partial charge in [-0.2, -0.15) is 0 Å². The van der Waals surface area contributed by atoms with Gasteiger partial charge in [-0.15, -0.1) is 10.2 Å². The van der Waals surface area contributed by atoms with Crippen molar-refractivity contribution >= 4 is 33.9 Å². The molecule has 0 saturated carbocycles. The molecular weight excluding hydrogens is 261 g/mol. The van der Waals surface area contributed by atoms with E-state index in [9.17, 15) is 4.39 Å². The third-order valence-corrected chi connectivity index (χ3v) is 3.77. The van der Waals surface area contributed by atoms with E-state index in [0.29, 0.717) is 10.9 Å². The van der Waals surface area contributed by atoms with E-state index in [1.807, 2.05) is 0 Å². The average Bonchev–Trinajstić information content (AvgIpc) is 2.77. The number of benzene rings is 1. The largest absolute Gasteiger partial charge is 0.396 e. The van der Waals surface area contributed by atoms with Crippen molar-refractivity contribution in [1.82, 2.24) is 10.2 Å². The van der Waals surface area contributed by atoms with E-state index in [0.717, 1.165) is 10.0 Å². The molecule has 2 aromatic rings. The van der Waals surface area contributed by atoms with Crippen LogP contribution in [0.5, 0.6) is 0 Å². The van der Waals surface area contributed by atoms with Gasteiger partial charge in [-0.3, -0.25) is 0 Å². The molecule has 90 valence electrons. The van der Waals surface area contributed by atoms with E-state index in [1.54, 1.807) is 12.1 Å². The molecule has 1 aromatic carbocycles. The number of thioether (sulfide) groups is 1. The second-order valence-electron chi connectivity index (χ2n) is 3.08. The van der Waals surface area contributed by atoms with Gasteiger partial charge in [0.2, 0.25) is 5.13 Å². The first-order valence-corrected chi connectivity index (χ1v) is 6.68. The fourth-order valence-corrected chi connectivity index (χ4v) is 2.69. The summed E-state index contributed by atoms with van der Waals surface area (Å²) < 4.78 is 13.5. The van der Waals surface area contributed by atoms with Gasteiger partial charge in [-0.1, -0.05) is 23.1 Å². The maximum absolute atomic E-state index is 12.7. The summed E-state index contributed by atoms with van der Waals surface area (Å²) in [5.41, 5.74) is 0.765. The molecule has 0 aliphatic carbocycles. The minimum absolute atomic E-state index is 0.116. The molecule has 0 unspecified atom stereocenters. The zero-order valence-electron chi connectivity index (χ0n) is 8.76. The summed E-state index contributed by atoms with van der Waals surface area (Å²) in [7, 11) is 0. The van der Waals surface area contributed by atoms with Crippen molar-refractivity contribution in [2.24, 2.45) is 0 Å². The van der Waals surface area contributed by atoms with Gasteiger partial charge >= 0.3 is 0 Å². The Morgan fingerprint density at radius 1 is 1.29 bits per heavy atom. The lowest BCUT2D eigenvalue weighted by atomic mass is 10.3. The fraction of sp³-hybridized carbons (Fsp3) is 0.200. The normalized spacial score (nSPS) is 10.5. The van der Waals surface area contributed by atoms with Crippen molar-refractivity contribution < 1.29 is 9.50 Å². The predicted octanol–water partition coefficient (Wildman–Crippen LogP) is 2.51. The summed E-state index contributed by atoms with van der Waals surface area (Å²) in [4.78, 5) is 0. The topological polar surface area (TPSA) is 58.0 Å². The van der Waals surface area contributed by atoms with Crippen molar-refractivity contribution in [1.29, 1.82) is 0 Å². The molecule has 0 aliphatic rings. The number of hydrogen-bond donors (Lipinski definition) is 2. The molecule has 0 bridgehead atoms. The van der Waals surface area contributed by atoms with Crippen LogP contribution in [0.4, 0.5) is 15.2 Å². The zero-order valence-corrected chi connectivity index (χ0v) is 10.4. The molecule has 0 spiro atoms. The molecule has 1 heterocycles. The molecule has 4 nitrogen and oxygen atoms in total. The predicted molar refractivity (Wildman–Crippen MR) is 67.4 cm³/mol. The van der Waals surface area contributed by atoms with Crippen LogP contribution in [-0.2, 0) is 0 Å². The van der Waals surface area contributed by atoms with Crippen LogP contribution in [0.1, 0.15) is 0 Å². The van der Waals surface area contributed by atoms with Crippen molar-refractivity contribution in [2.75, 3.05) is 17.7 Å². The molecule has 2 rings (SSSR count). The molecule has 7 heteroatoms. The van der Waals surface area contributed by atoms with Crippen molar-refractivity contribution in [2.45, 2.75) is 4.34 Å². The first kappa shape index (κ1) is 12.3. The average molecular weight is 271 g/mol. The quantitative estimate of drug-likeness (QED) is 0.818. The molecule has 0 aliphatic heterocycles. The van der Waals surface area contributed by atoms with Crippen LogP contribution >= 0.6 is 23.1 Å². The van der Waals surface area contributed by atoms with Crippen LogP contribution in [0.15, 0.2) is 28.6 Å². The highest BCUT2D eigenvalue weighted by Gasteiger charge is 2.04. The fourth-order valence-electron chi connectivity index (χ4n) is 1.11. The molecule has 2 N–H and O–H groups in total. The van der Waals surface area contributed by atoms with E-state index < -0.39 is 0 Å². The summed E-state index contributed by atoms with van der Waals surface area (Å²) in [6.07, 6.45) is 0. The standard InChI is InChI=1S/C10H10FN3OS2/c11-7-1-3-8(4-2-7)12-9-13-14-10(17-9)16-6-5-15/h1-4,15H,5-6H2,(H,12,13). The van der Waals surface area contributed by atoms with Gasteiger partial charge in [-0.25, -0.2) is 4.39 Å². The molecular formula is C10H10FN3OS2. The minimum Gasteiger partial charge on any atom is -0.396 e. The lowest BCUT2D eigenvalue weighted by Crippen LogP contribution is -1.89. The lowest BCUT2D eigenvalue weighted by Gasteiger charge is -2.00. The molecule has 0 fully saturated rings. The third-order valence-electron chi connectivity index (χ3n) is 1.82. The number of aromatic nitrogens is 2. The molecule has 0 radical (unpaired) electrons. The minimum atomic E-state index is -0.271. The Morgan fingerprint density at radius 3 is 2.76 bits per heavy atom. The molecule has 1 aromatic heterocycles. The maximum Gasteiger partial charge on any atom is 0.210 e. The highest BCUT2D eigenvalue weighted by molar-refractivity contribution is 8.01. The summed E-state index contributed by atoms with van der Waals surface area (Å²) in [5.74, 6) is 0.331. The van der Waals surface area contributed by atoms with E-state index in [2.05, 4.69) is 15.5 Å². The number of halogens is 1. The Balaban J connectivity index is 1.98. The highest BCUT2D eigenvalue weighted by Crippen LogP contribution is 2.27. The number of anilines is 2. The highest BCUT2D eigenvalue weighted by atomic mass is 32.2. The monoisotopic (exact) mass is 271 g/mol. The van der Waals surface area contributed by atoms with Crippen molar-refractivity contribution in [3.8, 4) is 0 Å². The lowest BCUT2D eigenvalue weighted by molar-refractivity contribution is 0.322. The SMILES string of the molecule is OCCSc1nnc(Nc2ccc(F)cc2)s1. The second kappa shape index (κ2) is 5.95. The van der Waals surface area contributed by atoms with Crippen LogP contribution in [0.2, 0.25) is 0 Å². The number of nitrogens with zero attached hydrogens (tertiary/aromatic N) is 2. The number of aliphatic hydroxyl groups excluding tert-OH is 1.